The Hall–Kier alpha value is -3.73. The quantitative estimate of drug-likeness (QED) is 0.299. The Kier molecular flexibility index (Phi) is 5.84. The van der Waals surface area contributed by atoms with E-state index < -0.39 is 0 Å². The molecule has 37 heavy (non-hydrogen) atoms. The number of likely N-dealkylation sites (tertiary alicyclic amines) is 1. The maximum Gasteiger partial charge on any atom is 0.194 e. The summed E-state index contributed by atoms with van der Waals surface area (Å²) < 4.78 is 2.14. The highest BCUT2D eigenvalue weighted by Gasteiger charge is 2.24. The largest absolute Gasteiger partial charge is 0.299 e. The van der Waals surface area contributed by atoms with Crippen LogP contribution in [0.5, 0.6) is 0 Å². The van der Waals surface area contributed by atoms with Crippen LogP contribution in [0.25, 0.3) is 38.4 Å². The Balaban J connectivity index is 1.02. The van der Waals surface area contributed by atoms with E-state index in [9.17, 15) is 0 Å². The van der Waals surface area contributed by atoms with Crippen LogP contribution in [0.2, 0.25) is 0 Å². The van der Waals surface area contributed by atoms with Gasteiger partial charge in [0.05, 0.1) is 0 Å². The third-order valence-electron chi connectivity index (χ3n) is 6.89. The molecule has 1 N–H and O–H groups in total. The van der Waals surface area contributed by atoms with Gasteiger partial charge in [-0.1, -0.05) is 30.3 Å². The van der Waals surface area contributed by atoms with Crippen molar-refractivity contribution in [1.29, 1.82) is 0 Å². The molecule has 6 heterocycles. The monoisotopic (exact) mass is 524 g/mol. The summed E-state index contributed by atoms with van der Waals surface area (Å²) in [7, 11) is 0. The van der Waals surface area contributed by atoms with E-state index in [0.29, 0.717) is 5.92 Å². The van der Waals surface area contributed by atoms with Crippen molar-refractivity contribution in [3.05, 3.63) is 83.2 Å². The highest BCUT2D eigenvalue weighted by atomic mass is 32.1. The fourth-order valence-corrected chi connectivity index (χ4v) is 6.37. The van der Waals surface area contributed by atoms with Crippen LogP contribution in [-0.2, 0) is 6.54 Å². The molecule has 0 amide bonds. The Morgan fingerprint density at radius 3 is 2.59 bits per heavy atom. The molecule has 8 nitrogen and oxygen atoms in total. The summed E-state index contributed by atoms with van der Waals surface area (Å²) in [4.78, 5) is 22.1. The van der Waals surface area contributed by atoms with Gasteiger partial charge in [-0.3, -0.25) is 19.4 Å². The third kappa shape index (κ3) is 4.37. The van der Waals surface area contributed by atoms with Gasteiger partial charge in [-0.2, -0.15) is 5.10 Å². The second-order valence-corrected chi connectivity index (χ2v) is 11.0. The van der Waals surface area contributed by atoms with Crippen LogP contribution in [0.3, 0.4) is 0 Å². The Morgan fingerprint density at radius 1 is 0.919 bits per heavy atom. The van der Waals surface area contributed by atoms with Crippen LogP contribution in [0.15, 0.2) is 71.8 Å². The van der Waals surface area contributed by atoms with Gasteiger partial charge in [-0.15, -0.1) is 22.7 Å². The van der Waals surface area contributed by atoms with E-state index in [1.165, 1.54) is 5.56 Å². The Bertz CT molecular complexity index is 1610. The minimum Gasteiger partial charge on any atom is -0.299 e. The lowest BCUT2D eigenvalue weighted by Gasteiger charge is -2.30. The molecule has 1 aliphatic heterocycles. The number of nitrogens with one attached hydrogen (secondary N) is 1. The van der Waals surface area contributed by atoms with Crippen LogP contribution in [0, 0.1) is 0 Å². The van der Waals surface area contributed by atoms with Crippen molar-refractivity contribution in [2.75, 3.05) is 13.1 Å². The summed E-state index contributed by atoms with van der Waals surface area (Å²) in [5.74, 6) is 2.03. The first-order valence-electron chi connectivity index (χ1n) is 12.3. The molecule has 1 fully saturated rings. The predicted octanol–water partition coefficient (Wildman–Crippen LogP) is 5.75. The highest BCUT2D eigenvalue weighted by Crippen LogP contribution is 2.35. The summed E-state index contributed by atoms with van der Waals surface area (Å²) >= 11 is 3.29. The predicted molar refractivity (Wildman–Crippen MR) is 146 cm³/mol. The topological polar surface area (TPSA) is 87.9 Å². The number of imidazole rings is 1. The molecule has 0 spiro atoms. The van der Waals surface area contributed by atoms with Gasteiger partial charge < -0.3 is 0 Å². The fraction of sp³-hybridized carbons (Fsp3) is 0.222. The van der Waals surface area contributed by atoms with Crippen LogP contribution in [-0.4, -0.2) is 52.5 Å². The maximum absolute atomic E-state index is 4.92. The molecular weight excluding hydrogens is 500 g/mol. The molecule has 0 atom stereocenters. The van der Waals surface area contributed by atoms with E-state index in [2.05, 4.69) is 65.3 Å². The second kappa shape index (κ2) is 9.62. The van der Waals surface area contributed by atoms with E-state index in [0.717, 1.165) is 76.7 Å². The van der Waals surface area contributed by atoms with Gasteiger partial charge in [-0.05, 0) is 43.6 Å². The molecule has 0 radical (unpaired) electrons. The normalized spacial score (nSPS) is 15.0. The molecule has 1 aliphatic rings. The SMILES string of the molecule is c1ccc(-c2nc(C3CCN(Cc4ccc(-c5nc6sccn6c5-c5nccs5)cc4)CC3)n[nH]2)nc1. The number of hydrogen-bond acceptors (Lipinski definition) is 8. The molecule has 0 aliphatic carbocycles. The maximum atomic E-state index is 4.92. The zero-order valence-corrected chi connectivity index (χ0v) is 21.6. The number of fused-ring (bicyclic) bond motifs is 1. The molecule has 1 aromatic carbocycles. The highest BCUT2D eigenvalue weighted by molar-refractivity contribution is 7.15. The van der Waals surface area contributed by atoms with Crippen LogP contribution in [0.1, 0.15) is 30.1 Å². The number of aromatic nitrogens is 7. The third-order valence-corrected chi connectivity index (χ3v) is 8.43. The number of pyridine rings is 1. The zero-order chi connectivity index (χ0) is 24.6. The summed E-state index contributed by atoms with van der Waals surface area (Å²) in [5, 5.41) is 12.6. The van der Waals surface area contributed by atoms with Crippen molar-refractivity contribution in [3.8, 4) is 33.5 Å². The number of thiazole rings is 2. The van der Waals surface area contributed by atoms with Crippen molar-refractivity contribution in [2.24, 2.45) is 0 Å². The van der Waals surface area contributed by atoms with Gasteiger partial charge in [0.1, 0.15) is 22.1 Å². The molecule has 184 valence electrons. The number of benzene rings is 1. The molecule has 0 unspecified atom stereocenters. The summed E-state index contributed by atoms with van der Waals surface area (Å²) in [6.45, 7) is 3.01. The molecule has 10 heteroatoms. The average Bonchev–Trinajstić information content (AvgIpc) is 3.75. The first-order chi connectivity index (χ1) is 18.3. The lowest BCUT2D eigenvalue weighted by Crippen LogP contribution is -2.32. The lowest BCUT2D eigenvalue weighted by molar-refractivity contribution is 0.202. The summed E-state index contributed by atoms with van der Waals surface area (Å²) in [5.41, 5.74) is 5.33. The minimum atomic E-state index is 0.381. The first kappa shape index (κ1) is 22.5. The molecule has 7 rings (SSSR count). The van der Waals surface area contributed by atoms with Crippen molar-refractivity contribution < 1.29 is 0 Å². The average molecular weight is 525 g/mol. The molecule has 1 saturated heterocycles. The molecular formula is C27H24N8S2. The van der Waals surface area contributed by atoms with Crippen molar-refractivity contribution in [2.45, 2.75) is 25.3 Å². The lowest BCUT2D eigenvalue weighted by atomic mass is 9.95. The van der Waals surface area contributed by atoms with Gasteiger partial charge in [0, 0.05) is 47.4 Å². The number of nitrogens with zero attached hydrogens (tertiary/aromatic N) is 7. The minimum absolute atomic E-state index is 0.381. The summed E-state index contributed by atoms with van der Waals surface area (Å²) in [6.07, 6.45) is 7.81. The van der Waals surface area contributed by atoms with Crippen molar-refractivity contribution in [1.82, 2.24) is 39.4 Å². The van der Waals surface area contributed by atoms with Crippen LogP contribution in [0.4, 0.5) is 0 Å². The molecule has 5 aromatic heterocycles. The Morgan fingerprint density at radius 2 is 1.81 bits per heavy atom. The number of piperidine rings is 1. The molecule has 0 bridgehead atoms. The van der Waals surface area contributed by atoms with E-state index >= 15 is 0 Å². The standard InChI is InChI=1S/C27H24N8S2/c1-2-10-28-21(3-1)25-31-24(32-33-25)20-8-12-34(13-9-20)17-18-4-6-19(7-5-18)22-23(26-29-11-15-36-26)35-14-16-37-27(35)30-22/h1-7,10-11,14-16,20H,8-9,12-13,17H2,(H,31,32,33). The van der Waals surface area contributed by atoms with Crippen molar-refractivity contribution >= 4 is 27.6 Å². The number of hydrogen-bond donors (Lipinski definition) is 1. The fourth-order valence-electron chi connectivity index (χ4n) is 4.98. The van der Waals surface area contributed by atoms with E-state index in [4.69, 9.17) is 9.97 Å². The summed E-state index contributed by atoms with van der Waals surface area (Å²) in [6, 6.07) is 14.7. The van der Waals surface area contributed by atoms with E-state index in [-0.39, 0.29) is 0 Å². The number of aromatic amines is 1. The van der Waals surface area contributed by atoms with Gasteiger partial charge in [0.15, 0.2) is 16.6 Å². The van der Waals surface area contributed by atoms with E-state index in [1.54, 1.807) is 28.9 Å². The van der Waals surface area contributed by atoms with Gasteiger partial charge in [-0.25, -0.2) is 15.0 Å². The number of H-pyrrole nitrogens is 1. The van der Waals surface area contributed by atoms with Gasteiger partial charge in [0.2, 0.25) is 0 Å². The number of rotatable bonds is 6. The van der Waals surface area contributed by atoms with Crippen molar-refractivity contribution in [3.63, 3.8) is 0 Å². The zero-order valence-electron chi connectivity index (χ0n) is 20.0. The molecule has 6 aromatic rings. The smallest absolute Gasteiger partial charge is 0.194 e. The first-order valence-corrected chi connectivity index (χ1v) is 14.1. The van der Waals surface area contributed by atoms with E-state index in [1.807, 2.05) is 29.8 Å². The molecule has 0 saturated carbocycles. The van der Waals surface area contributed by atoms with Gasteiger partial charge in [0.25, 0.3) is 0 Å². The van der Waals surface area contributed by atoms with Crippen LogP contribution >= 0.6 is 22.7 Å². The Labute approximate surface area is 221 Å². The van der Waals surface area contributed by atoms with Crippen LogP contribution < -0.4 is 0 Å². The van der Waals surface area contributed by atoms with Gasteiger partial charge >= 0.3 is 0 Å². The second-order valence-electron chi connectivity index (χ2n) is 9.21.